The highest BCUT2D eigenvalue weighted by molar-refractivity contribution is 9.10. The number of sulfonamides is 1. The Balaban J connectivity index is 2.80. The number of benzene rings is 1. The fourth-order valence-corrected chi connectivity index (χ4v) is 2.99. The highest BCUT2D eigenvalue weighted by atomic mass is 79.9. The first kappa shape index (κ1) is 13.4. The van der Waals surface area contributed by atoms with Gasteiger partial charge in [-0.3, -0.25) is 4.72 Å². The van der Waals surface area contributed by atoms with Crippen molar-refractivity contribution in [2.75, 3.05) is 10.5 Å². The van der Waals surface area contributed by atoms with E-state index in [0.717, 1.165) is 6.42 Å². The Morgan fingerprint density at radius 3 is 2.69 bits per heavy atom. The Morgan fingerprint density at radius 1 is 1.44 bits per heavy atom. The molecule has 0 aromatic heterocycles. The molecule has 0 bridgehead atoms. The normalized spacial score (nSPS) is 11.4. The van der Waals surface area contributed by atoms with Crippen LogP contribution in [0, 0.1) is 5.82 Å². The number of halogens is 2. The summed E-state index contributed by atoms with van der Waals surface area (Å²) < 4.78 is 38.7. The van der Waals surface area contributed by atoms with E-state index in [1.807, 2.05) is 6.92 Å². The molecular formula is C10H13BrFNO2S. The van der Waals surface area contributed by atoms with Crippen LogP contribution in [0.5, 0.6) is 0 Å². The van der Waals surface area contributed by atoms with Gasteiger partial charge in [-0.1, -0.05) is 13.3 Å². The molecule has 0 aliphatic rings. The molecule has 3 nitrogen and oxygen atoms in total. The second kappa shape index (κ2) is 5.63. The van der Waals surface area contributed by atoms with Crippen molar-refractivity contribution in [2.24, 2.45) is 0 Å². The predicted octanol–water partition coefficient (Wildman–Crippen LogP) is 3.13. The fraction of sp³-hybridized carbons (Fsp3) is 0.400. The largest absolute Gasteiger partial charge is 0.282 e. The third-order valence-corrected chi connectivity index (χ3v) is 3.98. The topological polar surface area (TPSA) is 46.2 Å². The molecule has 0 radical (unpaired) electrons. The van der Waals surface area contributed by atoms with E-state index in [1.54, 1.807) is 0 Å². The van der Waals surface area contributed by atoms with E-state index in [0.29, 0.717) is 16.6 Å². The summed E-state index contributed by atoms with van der Waals surface area (Å²) in [7, 11) is -3.33. The van der Waals surface area contributed by atoms with Crippen molar-refractivity contribution in [3.8, 4) is 0 Å². The van der Waals surface area contributed by atoms with E-state index >= 15 is 0 Å². The summed E-state index contributed by atoms with van der Waals surface area (Å²) in [5.41, 5.74) is 0.359. The van der Waals surface area contributed by atoms with Gasteiger partial charge >= 0.3 is 0 Å². The summed E-state index contributed by atoms with van der Waals surface area (Å²) in [4.78, 5) is 0. The monoisotopic (exact) mass is 309 g/mol. The van der Waals surface area contributed by atoms with E-state index in [4.69, 9.17) is 0 Å². The maximum Gasteiger partial charge on any atom is 0.232 e. The molecule has 6 heteroatoms. The van der Waals surface area contributed by atoms with Crippen molar-refractivity contribution in [3.63, 3.8) is 0 Å². The SMILES string of the molecule is CCCCS(=O)(=O)Nc1ccc(F)cc1Br. The maximum atomic E-state index is 12.8. The van der Waals surface area contributed by atoms with Crippen LogP contribution in [-0.4, -0.2) is 14.2 Å². The number of unbranched alkanes of at least 4 members (excludes halogenated alkanes) is 1. The van der Waals surface area contributed by atoms with Gasteiger partial charge in [-0.05, 0) is 40.5 Å². The van der Waals surface area contributed by atoms with Crippen LogP contribution in [0.4, 0.5) is 10.1 Å². The smallest absolute Gasteiger partial charge is 0.232 e. The second-order valence-electron chi connectivity index (χ2n) is 3.40. The molecule has 0 saturated heterocycles. The van der Waals surface area contributed by atoms with Gasteiger partial charge in [0.2, 0.25) is 10.0 Å². The third kappa shape index (κ3) is 4.09. The minimum Gasteiger partial charge on any atom is -0.282 e. The molecule has 0 atom stereocenters. The molecule has 1 rings (SSSR count). The third-order valence-electron chi connectivity index (χ3n) is 1.96. The lowest BCUT2D eigenvalue weighted by Crippen LogP contribution is -2.16. The molecule has 1 aromatic rings. The molecule has 16 heavy (non-hydrogen) atoms. The molecular weight excluding hydrogens is 297 g/mol. The molecule has 0 aliphatic heterocycles. The zero-order chi connectivity index (χ0) is 12.2. The summed E-state index contributed by atoms with van der Waals surface area (Å²) in [5, 5.41) is 0. The van der Waals surface area contributed by atoms with Gasteiger partial charge in [-0.2, -0.15) is 0 Å². The molecule has 0 amide bonds. The van der Waals surface area contributed by atoms with Gasteiger partial charge in [0, 0.05) is 4.47 Å². The first-order chi connectivity index (χ1) is 7.44. The molecule has 1 N–H and O–H groups in total. The van der Waals surface area contributed by atoms with Gasteiger partial charge in [0.1, 0.15) is 5.82 Å². The van der Waals surface area contributed by atoms with Crippen LogP contribution in [0.15, 0.2) is 22.7 Å². The summed E-state index contributed by atoms with van der Waals surface area (Å²) in [6.45, 7) is 1.92. The number of anilines is 1. The molecule has 0 heterocycles. The van der Waals surface area contributed by atoms with E-state index in [9.17, 15) is 12.8 Å². The van der Waals surface area contributed by atoms with Gasteiger partial charge in [-0.25, -0.2) is 12.8 Å². The Kier molecular flexibility index (Phi) is 4.73. The molecule has 0 aliphatic carbocycles. The van der Waals surface area contributed by atoms with Crippen LogP contribution < -0.4 is 4.72 Å². The summed E-state index contributed by atoms with van der Waals surface area (Å²) in [5.74, 6) is -0.337. The molecule has 0 spiro atoms. The fourth-order valence-electron chi connectivity index (χ4n) is 1.13. The van der Waals surface area contributed by atoms with Gasteiger partial charge in [0.25, 0.3) is 0 Å². The minimum absolute atomic E-state index is 0.0767. The number of hydrogen-bond acceptors (Lipinski definition) is 2. The average molecular weight is 310 g/mol. The van der Waals surface area contributed by atoms with E-state index in [2.05, 4.69) is 20.7 Å². The Hall–Kier alpha value is -0.620. The standard InChI is InChI=1S/C10H13BrFNO2S/c1-2-3-6-16(14,15)13-10-5-4-8(12)7-9(10)11/h4-5,7,13H,2-3,6H2,1H3. The maximum absolute atomic E-state index is 12.8. The van der Waals surface area contributed by atoms with Crippen molar-refractivity contribution in [1.82, 2.24) is 0 Å². The number of rotatable bonds is 5. The van der Waals surface area contributed by atoms with E-state index in [-0.39, 0.29) is 5.75 Å². The van der Waals surface area contributed by atoms with Crippen molar-refractivity contribution in [1.29, 1.82) is 0 Å². The first-order valence-corrected chi connectivity index (χ1v) is 7.34. The number of hydrogen-bond donors (Lipinski definition) is 1. The predicted molar refractivity (Wildman–Crippen MR) is 66.4 cm³/mol. The Morgan fingerprint density at radius 2 is 2.12 bits per heavy atom. The Labute approximate surface area is 103 Å². The number of nitrogens with one attached hydrogen (secondary N) is 1. The molecule has 90 valence electrons. The molecule has 0 saturated carbocycles. The molecule has 0 fully saturated rings. The summed E-state index contributed by atoms with van der Waals surface area (Å²) in [6.07, 6.45) is 1.42. The van der Waals surface area contributed by atoms with Crippen molar-refractivity contribution in [2.45, 2.75) is 19.8 Å². The Bertz CT molecular complexity index is 462. The zero-order valence-electron chi connectivity index (χ0n) is 8.83. The summed E-state index contributed by atoms with van der Waals surface area (Å²) in [6, 6.07) is 3.82. The zero-order valence-corrected chi connectivity index (χ0v) is 11.2. The van der Waals surface area contributed by atoms with Gasteiger partial charge in [0.05, 0.1) is 11.4 Å². The molecule has 1 aromatic carbocycles. The van der Waals surface area contributed by atoms with E-state index < -0.39 is 15.8 Å². The lowest BCUT2D eigenvalue weighted by molar-refractivity contribution is 0.597. The van der Waals surface area contributed by atoms with Crippen molar-refractivity contribution >= 4 is 31.6 Å². The quantitative estimate of drug-likeness (QED) is 0.908. The van der Waals surface area contributed by atoms with Gasteiger partial charge in [-0.15, -0.1) is 0 Å². The van der Waals surface area contributed by atoms with Crippen LogP contribution in [0.2, 0.25) is 0 Å². The van der Waals surface area contributed by atoms with Crippen LogP contribution in [0.25, 0.3) is 0 Å². The van der Waals surface area contributed by atoms with Crippen LogP contribution in [0.3, 0.4) is 0 Å². The highest BCUT2D eigenvalue weighted by Crippen LogP contribution is 2.24. The van der Waals surface area contributed by atoms with Crippen LogP contribution in [0.1, 0.15) is 19.8 Å². The highest BCUT2D eigenvalue weighted by Gasteiger charge is 2.11. The average Bonchev–Trinajstić information content (AvgIpc) is 2.19. The minimum atomic E-state index is -3.33. The lowest BCUT2D eigenvalue weighted by Gasteiger charge is -2.09. The summed E-state index contributed by atoms with van der Waals surface area (Å²) >= 11 is 3.10. The van der Waals surface area contributed by atoms with Gasteiger partial charge < -0.3 is 0 Å². The molecule has 0 unspecified atom stereocenters. The van der Waals surface area contributed by atoms with E-state index in [1.165, 1.54) is 18.2 Å². The van der Waals surface area contributed by atoms with Gasteiger partial charge in [0.15, 0.2) is 0 Å². The first-order valence-electron chi connectivity index (χ1n) is 4.90. The van der Waals surface area contributed by atoms with Crippen LogP contribution >= 0.6 is 15.9 Å². The lowest BCUT2D eigenvalue weighted by atomic mass is 10.3. The van der Waals surface area contributed by atoms with Crippen LogP contribution in [-0.2, 0) is 10.0 Å². The van der Waals surface area contributed by atoms with Crippen molar-refractivity contribution < 1.29 is 12.8 Å². The van der Waals surface area contributed by atoms with Crippen molar-refractivity contribution in [3.05, 3.63) is 28.5 Å². The second-order valence-corrected chi connectivity index (χ2v) is 6.09.